The van der Waals surface area contributed by atoms with Crippen LogP contribution in [0.15, 0.2) is 54.6 Å². The number of benzene rings is 2. The fourth-order valence-corrected chi connectivity index (χ4v) is 4.67. The first-order valence-corrected chi connectivity index (χ1v) is 14.0. The van der Waals surface area contributed by atoms with Gasteiger partial charge in [0.25, 0.3) is 0 Å². The second kappa shape index (κ2) is 18.1. The zero-order chi connectivity index (χ0) is 27.6. The predicted molar refractivity (Wildman–Crippen MR) is 151 cm³/mol. The minimum Gasteiger partial charge on any atom is -0.507 e. The lowest BCUT2D eigenvalue weighted by atomic mass is 9.99. The fraction of sp³-hybridized carbons (Fsp3) is 0.500. The molecule has 1 atom stereocenters. The van der Waals surface area contributed by atoms with Crippen LogP contribution in [-0.4, -0.2) is 34.2 Å². The third kappa shape index (κ3) is 11.8. The molecule has 0 saturated heterocycles. The van der Waals surface area contributed by atoms with E-state index < -0.39 is 11.8 Å². The van der Waals surface area contributed by atoms with Crippen molar-refractivity contribution >= 4 is 11.8 Å². The molecule has 1 aliphatic rings. The topological polar surface area (TPSA) is 104 Å². The highest BCUT2D eigenvalue weighted by molar-refractivity contribution is 6.12. The second-order valence-electron chi connectivity index (χ2n) is 9.96. The third-order valence-electron chi connectivity index (χ3n) is 6.93. The molecular formula is C32H44O6. The van der Waals surface area contributed by atoms with E-state index in [0.29, 0.717) is 12.2 Å². The number of hydrogen-bond donors (Lipinski definition) is 3. The first-order chi connectivity index (χ1) is 18.4. The van der Waals surface area contributed by atoms with Crippen LogP contribution in [0.5, 0.6) is 17.2 Å². The standard InChI is InChI=1S/C18H32O2.C14H12O4/c19-18(20)16-10-8-6-4-2-1-3-5-7-9-13-17-14-11-12-15-17;1-18-9-6-7-11(13(16)8-9)14(17)10-4-2-3-5-12(10)15/h11,14,17H,1-10,12-13,15-16H2,(H,19,20);2-8,15-16H,1H3. The number of phenolic OH excluding ortho intramolecular Hbond substituents is 2. The molecule has 2 aromatic rings. The molecule has 0 heterocycles. The smallest absolute Gasteiger partial charge is 0.303 e. The van der Waals surface area contributed by atoms with Crippen LogP contribution in [0.1, 0.15) is 106 Å². The number of ether oxygens (including phenoxy) is 1. The van der Waals surface area contributed by atoms with Gasteiger partial charge in [0.1, 0.15) is 17.2 Å². The summed E-state index contributed by atoms with van der Waals surface area (Å²) in [5.74, 6) is -0.0335. The maximum absolute atomic E-state index is 12.1. The van der Waals surface area contributed by atoms with Crippen molar-refractivity contribution in [1.82, 2.24) is 0 Å². The average molecular weight is 525 g/mol. The lowest BCUT2D eigenvalue weighted by Gasteiger charge is -2.07. The Hall–Kier alpha value is -3.28. The molecule has 2 aromatic carbocycles. The summed E-state index contributed by atoms with van der Waals surface area (Å²) >= 11 is 0. The number of hydrogen-bond acceptors (Lipinski definition) is 5. The van der Waals surface area contributed by atoms with E-state index in [-0.39, 0.29) is 22.6 Å². The lowest BCUT2D eigenvalue weighted by Crippen LogP contribution is -2.02. The van der Waals surface area contributed by atoms with E-state index in [1.165, 1.54) is 102 Å². The molecule has 0 saturated carbocycles. The summed E-state index contributed by atoms with van der Waals surface area (Å²) in [5.41, 5.74) is 0.273. The van der Waals surface area contributed by atoms with Crippen molar-refractivity contribution in [2.45, 2.75) is 89.9 Å². The van der Waals surface area contributed by atoms with E-state index >= 15 is 0 Å². The van der Waals surface area contributed by atoms with E-state index in [1.54, 1.807) is 18.2 Å². The van der Waals surface area contributed by atoms with Crippen LogP contribution < -0.4 is 4.74 Å². The van der Waals surface area contributed by atoms with E-state index in [2.05, 4.69) is 12.2 Å². The second-order valence-corrected chi connectivity index (χ2v) is 9.96. The molecule has 1 aliphatic carbocycles. The molecule has 0 bridgehead atoms. The number of phenols is 2. The number of rotatable bonds is 16. The highest BCUT2D eigenvalue weighted by Crippen LogP contribution is 2.28. The number of carboxylic acids is 1. The van der Waals surface area contributed by atoms with Crippen LogP contribution in [-0.2, 0) is 4.79 Å². The van der Waals surface area contributed by atoms with Crippen LogP contribution in [0.4, 0.5) is 0 Å². The van der Waals surface area contributed by atoms with Gasteiger partial charge in [0, 0.05) is 12.5 Å². The molecule has 6 heteroatoms. The van der Waals surface area contributed by atoms with Crippen molar-refractivity contribution in [3.8, 4) is 17.2 Å². The van der Waals surface area contributed by atoms with Gasteiger partial charge in [-0.25, -0.2) is 0 Å². The number of unbranched alkanes of at least 4 members (excludes halogenated alkanes) is 9. The van der Waals surface area contributed by atoms with Gasteiger partial charge in [-0.2, -0.15) is 0 Å². The van der Waals surface area contributed by atoms with Crippen LogP contribution in [0.2, 0.25) is 0 Å². The Morgan fingerprint density at radius 1 is 0.816 bits per heavy atom. The largest absolute Gasteiger partial charge is 0.507 e. The summed E-state index contributed by atoms with van der Waals surface area (Å²) < 4.78 is 4.94. The van der Waals surface area contributed by atoms with Crippen molar-refractivity contribution in [2.24, 2.45) is 5.92 Å². The number of ketones is 1. The summed E-state index contributed by atoms with van der Waals surface area (Å²) in [7, 11) is 1.47. The molecule has 0 aliphatic heterocycles. The van der Waals surface area contributed by atoms with Gasteiger partial charge < -0.3 is 20.1 Å². The molecule has 208 valence electrons. The Balaban J connectivity index is 0.000000268. The Morgan fingerprint density at radius 2 is 1.42 bits per heavy atom. The molecule has 0 radical (unpaired) electrons. The van der Waals surface area contributed by atoms with Gasteiger partial charge >= 0.3 is 5.97 Å². The Morgan fingerprint density at radius 3 is 1.97 bits per heavy atom. The van der Waals surface area contributed by atoms with Crippen molar-refractivity contribution in [2.75, 3.05) is 7.11 Å². The van der Waals surface area contributed by atoms with Crippen molar-refractivity contribution in [3.63, 3.8) is 0 Å². The van der Waals surface area contributed by atoms with Crippen LogP contribution >= 0.6 is 0 Å². The highest BCUT2D eigenvalue weighted by Gasteiger charge is 2.17. The van der Waals surface area contributed by atoms with Crippen molar-refractivity contribution in [1.29, 1.82) is 0 Å². The van der Waals surface area contributed by atoms with Gasteiger partial charge in [-0.1, -0.05) is 82.1 Å². The molecule has 0 amide bonds. The van der Waals surface area contributed by atoms with Crippen molar-refractivity contribution < 1.29 is 29.6 Å². The number of methoxy groups -OCH3 is 1. The number of allylic oxidation sites excluding steroid dienone is 2. The monoisotopic (exact) mass is 524 g/mol. The van der Waals surface area contributed by atoms with E-state index in [9.17, 15) is 19.8 Å². The zero-order valence-electron chi connectivity index (χ0n) is 22.7. The molecule has 3 rings (SSSR count). The van der Waals surface area contributed by atoms with Gasteiger partial charge in [0.2, 0.25) is 0 Å². The van der Waals surface area contributed by atoms with Gasteiger partial charge in [-0.05, 0) is 55.9 Å². The molecule has 6 nitrogen and oxygen atoms in total. The quantitative estimate of drug-likeness (QED) is 0.117. The summed E-state index contributed by atoms with van der Waals surface area (Å²) in [5, 5.41) is 27.9. The number of carbonyl (C=O) groups is 2. The number of carbonyl (C=O) groups excluding carboxylic acids is 1. The predicted octanol–water partition coefficient (Wildman–Crippen LogP) is 8.06. The average Bonchev–Trinajstić information content (AvgIpc) is 3.43. The molecule has 3 N–H and O–H groups in total. The maximum atomic E-state index is 12.1. The zero-order valence-corrected chi connectivity index (χ0v) is 22.7. The number of para-hydroxylation sites is 1. The normalized spacial score (nSPS) is 14.1. The number of carboxylic acid groups (broad SMARTS) is 1. The van der Waals surface area contributed by atoms with Crippen LogP contribution in [0.25, 0.3) is 0 Å². The van der Waals surface area contributed by atoms with Gasteiger partial charge in [0.05, 0.1) is 18.2 Å². The van der Waals surface area contributed by atoms with Crippen molar-refractivity contribution in [3.05, 3.63) is 65.7 Å². The highest BCUT2D eigenvalue weighted by atomic mass is 16.5. The molecule has 38 heavy (non-hydrogen) atoms. The minimum atomic E-state index is -0.655. The van der Waals surface area contributed by atoms with Crippen LogP contribution in [0.3, 0.4) is 0 Å². The lowest BCUT2D eigenvalue weighted by molar-refractivity contribution is -0.137. The summed E-state index contributed by atoms with van der Waals surface area (Å²) in [4.78, 5) is 22.5. The van der Waals surface area contributed by atoms with E-state index in [1.807, 2.05) is 0 Å². The van der Waals surface area contributed by atoms with Gasteiger partial charge in [-0.15, -0.1) is 0 Å². The molecule has 0 spiro atoms. The molecular weight excluding hydrogens is 480 g/mol. The summed E-state index contributed by atoms with van der Waals surface area (Å²) in [6, 6.07) is 10.6. The van der Waals surface area contributed by atoms with Crippen LogP contribution in [0, 0.1) is 5.92 Å². The molecule has 0 aromatic heterocycles. The summed E-state index contributed by atoms with van der Waals surface area (Å²) in [6.07, 6.45) is 21.9. The third-order valence-corrected chi connectivity index (χ3v) is 6.93. The Bertz CT molecular complexity index is 1010. The number of aromatic hydroxyl groups is 2. The van der Waals surface area contributed by atoms with E-state index in [4.69, 9.17) is 9.84 Å². The number of aliphatic carboxylic acids is 1. The first kappa shape index (κ1) is 30.9. The van der Waals surface area contributed by atoms with E-state index in [0.717, 1.165) is 18.8 Å². The first-order valence-electron chi connectivity index (χ1n) is 14.0. The molecule has 1 unspecified atom stereocenters. The van der Waals surface area contributed by atoms with Gasteiger partial charge in [-0.3, -0.25) is 9.59 Å². The fourth-order valence-electron chi connectivity index (χ4n) is 4.67. The SMILES string of the molecule is COc1ccc(C(=O)c2ccccc2O)c(O)c1.O=C(O)CCCCCCCCCCCCC1C=CCC1. The Kier molecular flexibility index (Phi) is 14.7. The summed E-state index contributed by atoms with van der Waals surface area (Å²) in [6.45, 7) is 0. The Labute approximate surface area is 227 Å². The van der Waals surface area contributed by atoms with Gasteiger partial charge in [0.15, 0.2) is 5.78 Å². The minimum absolute atomic E-state index is 0.113. The molecule has 0 fully saturated rings. The maximum Gasteiger partial charge on any atom is 0.303 e.